The highest BCUT2D eigenvalue weighted by molar-refractivity contribution is 5.95. The van der Waals surface area contributed by atoms with Crippen LogP contribution in [0.25, 0.3) is 0 Å². The van der Waals surface area contributed by atoms with E-state index < -0.39 is 0 Å². The van der Waals surface area contributed by atoms with Gasteiger partial charge in [0.05, 0.1) is 12.1 Å². The van der Waals surface area contributed by atoms with Gasteiger partial charge in [0, 0.05) is 16.8 Å². The van der Waals surface area contributed by atoms with Crippen LogP contribution in [-0.2, 0) is 5.54 Å². The molecule has 2 aromatic carbocycles. The molecule has 1 aliphatic carbocycles. The minimum absolute atomic E-state index is 0.00878. The molecular formula is C24H27N3O. The summed E-state index contributed by atoms with van der Waals surface area (Å²) in [4.78, 5) is 16.9. The maximum absolute atomic E-state index is 12.7. The van der Waals surface area contributed by atoms with Gasteiger partial charge in [-0.15, -0.1) is 6.42 Å². The van der Waals surface area contributed by atoms with Gasteiger partial charge in [0.25, 0.3) is 0 Å². The van der Waals surface area contributed by atoms with Crippen molar-refractivity contribution >= 4 is 11.7 Å². The lowest BCUT2D eigenvalue weighted by Crippen LogP contribution is -2.54. The molecule has 2 fully saturated rings. The lowest BCUT2D eigenvalue weighted by atomic mass is 9.69. The second kappa shape index (κ2) is 7.00. The Balaban J connectivity index is 1.54. The van der Waals surface area contributed by atoms with Gasteiger partial charge in [-0.2, -0.15) is 0 Å². The fraction of sp³-hybridized carbons (Fsp3) is 0.375. The summed E-state index contributed by atoms with van der Waals surface area (Å²) in [6, 6.07) is 18.4. The molecule has 1 saturated carbocycles. The Bertz CT molecular complexity index is 888. The fourth-order valence-corrected chi connectivity index (χ4v) is 4.82. The van der Waals surface area contributed by atoms with Crippen molar-refractivity contribution in [3.63, 3.8) is 0 Å². The van der Waals surface area contributed by atoms with Crippen LogP contribution in [0, 0.1) is 12.3 Å². The van der Waals surface area contributed by atoms with Gasteiger partial charge in [-0.3, -0.25) is 9.80 Å². The first-order valence-electron chi connectivity index (χ1n) is 9.87. The Labute approximate surface area is 167 Å². The number of carbonyl (C=O) groups is 1. The molecule has 1 aliphatic heterocycles. The third-order valence-electron chi connectivity index (χ3n) is 6.63. The number of urea groups is 1. The summed E-state index contributed by atoms with van der Waals surface area (Å²) < 4.78 is 0. The Morgan fingerprint density at radius 3 is 2.21 bits per heavy atom. The molecule has 2 aliphatic rings. The lowest BCUT2D eigenvalue weighted by molar-refractivity contribution is 0.0658. The number of anilines is 1. The molecule has 2 amide bonds. The topological polar surface area (TPSA) is 35.6 Å². The number of benzene rings is 2. The summed E-state index contributed by atoms with van der Waals surface area (Å²) in [7, 11) is 4.33. The maximum atomic E-state index is 12.7. The predicted molar refractivity (Wildman–Crippen MR) is 113 cm³/mol. The summed E-state index contributed by atoms with van der Waals surface area (Å²) in [6.07, 6.45) is 9.41. The van der Waals surface area contributed by atoms with Crippen LogP contribution in [0.3, 0.4) is 0 Å². The molecule has 4 nitrogen and oxygen atoms in total. The Kier molecular flexibility index (Phi) is 4.64. The van der Waals surface area contributed by atoms with Crippen molar-refractivity contribution in [3.05, 3.63) is 65.7 Å². The molecule has 144 valence electrons. The van der Waals surface area contributed by atoms with Crippen LogP contribution in [-0.4, -0.2) is 37.1 Å². The number of nitrogens with one attached hydrogen (secondary N) is 1. The third kappa shape index (κ3) is 3.06. The first-order chi connectivity index (χ1) is 13.5. The van der Waals surface area contributed by atoms with Gasteiger partial charge >= 0.3 is 6.03 Å². The van der Waals surface area contributed by atoms with Crippen LogP contribution < -0.4 is 10.2 Å². The molecule has 4 heteroatoms. The van der Waals surface area contributed by atoms with Crippen molar-refractivity contribution in [3.8, 4) is 12.3 Å². The van der Waals surface area contributed by atoms with E-state index in [1.807, 2.05) is 29.2 Å². The van der Waals surface area contributed by atoms with Gasteiger partial charge in [0.2, 0.25) is 0 Å². The fourth-order valence-electron chi connectivity index (χ4n) is 4.82. The van der Waals surface area contributed by atoms with Gasteiger partial charge in [0.15, 0.2) is 0 Å². The second-order valence-electron chi connectivity index (χ2n) is 8.28. The first-order valence-corrected chi connectivity index (χ1v) is 9.87. The summed E-state index contributed by atoms with van der Waals surface area (Å²) in [5.41, 5.74) is 2.96. The van der Waals surface area contributed by atoms with Crippen molar-refractivity contribution < 1.29 is 4.79 Å². The van der Waals surface area contributed by atoms with E-state index in [1.54, 1.807) is 0 Å². The SMILES string of the molecule is C#Cc1ccc(N2C[C@]3(CC[C@](c4ccccc4)(N(C)C)CC3)NC2=O)cc1. The Hall–Kier alpha value is -2.77. The average molecular weight is 374 g/mol. The number of hydrogen-bond donors (Lipinski definition) is 1. The molecule has 1 N–H and O–H groups in total. The zero-order valence-corrected chi connectivity index (χ0v) is 16.6. The molecule has 1 heterocycles. The number of amides is 2. The zero-order valence-electron chi connectivity index (χ0n) is 16.6. The van der Waals surface area contributed by atoms with Crippen LogP contribution in [0.1, 0.15) is 36.8 Å². The van der Waals surface area contributed by atoms with Crippen LogP contribution in [0.5, 0.6) is 0 Å². The average Bonchev–Trinajstić information content (AvgIpc) is 3.05. The van der Waals surface area contributed by atoms with Gasteiger partial charge in [0.1, 0.15) is 0 Å². The molecule has 0 radical (unpaired) electrons. The molecule has 4 rings (SSSR count). The number of terminal acetylenes is 1. The second-order valence-corrected chi connectivity index (χ2v) is 8.28. The summed E-state index contributed by atoms with van der Waals surface area (Å²) in [6.45, 7) is 0.708. The van der Waals surface area contributed by atoms with E-state index in [1.165, 1.54) is 5.56 Å². The Morgan fingerprint density at radius 1 is 1.00 bits per heavy atom. The molecule has 0 unspecified atom stereocenters. The molecule has 0 atom stereocenters. The third-order valence-corrected chi connectivity index (χ3v) is 6.63. The van der Waals surface area contributed by atoms with Crippen LogP contribution in [0.2, 0.25) is 0 Å². The molecule has 1 spiro atoms. The lowest BCUT2D eigenvalue weighted by Gasteiger charge is -2.48. The van der Waals surface area contributed by atoms with Crippen molar-refractivity contribution in [1.29, 1.82) is 0 Å². The molecule has 0 bridgehead atoms. The Morgan fingerprint density at radius 2 is 1.64 bits per heavy atom. The highest BCUT2D eigenvalue weighted by atomic mass is 16.2. The molecule has 28 heavy (non-hydrogen) atoms. The summed E-state index contributed by atoms with van der Waals surface area (Å²) in [5.74, 6) is 2.62. The van der Waals surface area contributed by atoms with E-state index in [0.29, 0.717) is 6.54 Å². The number of hydrogen-bond acceptors (Lipinski definition) is 2. The van der Waals surface area contributed by atoms with E-state index >= 15 is 0 Å². The van der Waals surface area contributed by atoms with Crippen LogP contribution >= 0.6 is 0 Å². The van der Waals surface area contributed by atoms with E-state index in [2.05, 4.69) is 60.6 Å². The maximum Gasteiger partial charge on any atom is 0.322 e. The highest BCUT2D eigenvalue weighted by Crippen LogP contribution is 2.46. The minimum Gasteiger partial charge on any atom is -0.330 e. The summed E-state index contributed by atoms with van der Waals surface area (Å²) >= 11 is 0. The van der Waals surface area contributed by atoms with Gasteiger partial charge in [-0.1, -0.05) is 36.3 Å². The monoisotopic (exact) mass is 373 g/mol. The normalized spacial score (nSPS) is 27.1. The van der Waals surface area contributed by atoms with Gasteiger partial charge in [-0.05, 0) is 69.6 Å². The largest absolute Gasteiger partial charge is 0.330 e. The van der Waals surface area contributed by atoms with Crippen molar-refractivity contribution in [1.82, 2.24) is 10.2 Å². The van der Waals surface area contributed by atoms with Crippen LogP contribution in [0.15, 0.2) is 54.6 Å². The quantitative estimate of drug-likeness (QED) is 0.827. The van der Waals surface area contributed by atoms with E-state index in [0.717, 1.165) is 36.9 Å². The first kappa shape index (κ1) is 18.6. The van der Waals surface area contributed by atoms with E-state index in [-0.39, 0.29) is 17.1 Å². The molecule has 1 saturated heterocycles. The standard InChI is InChI=1S/C24H27N3O/c1-4-19-10-12-21(13-11-19)27-18-23(25-22(27)28)14-16-24(17-15-23,26(2)3)20-8-6-5-7-9-20/h1,5-13H,14-18H2,2-3H3,(H,25,28)/t23-,24+. The smallest absolute Gasteiger partial charge is 0.322 e. The number of carbonyl (C=O) groups excluding carboxylic acids is 1. The summed E-state index contributed by atoms with van der Waals surface area (Å²) in [5, 5.41) is 3.30. The highest BCUT2D eigenvalue weighted by Gasteiger charge is 2.50. The molecule has 0 aromatic heterocycles. The van der Waals surface area contributed by atoms with Gasteiger partial charge < -0.3 is 5.32 Å². The van der Waals surface area contributed by atoms with Crippen LogP contribution in [0.4, 0.5) is 10.5 Å². The van der Waals surface area contributed by atoms with Crippen molar-refractivity contribution in [2.45, 2.75) is 36.8 Å². The van der Waals surface area contributed by atoms with Gasteiger partial charge in [-0.25, -0.2) is 4.79 Å². The van der Waals surface area contributed by atoms with Crippen molar-refractivity contribution in [2.75, 3.05) is 25.5 Å². The molecule has 2 aromatic rings. The van der Waals surface area contributed by atoms with E-state index in [9.17, 15) is 4.79 Å². The minimum atomic E-state index is -0.157. The number of rotatable bonds is 3. The number of nitrogens with zero attached hydrogens (tertiary/aromatic N) is 2. The predicted octanol–water partition coefficient (Wildman–Crippen LogP) is 3.97. The van der Waals surface area contributed by atoms with Crippen molar-refractivity contribution in [2.24, 2.45) is 0 Å². The zero-order chi connectivity index (χ0) is 19.8. The van der Waals surface area contributed by atoms with E-state index in [4.69, 9.17) is 6.42 Å². The molecular weight excluding hydrogens is 346 g/mol.